The van der Waals surface area contributed by atoms with E-state index in [0.29, 0.717) is 5.76 Å². The topological polar surface area (TPSA) is 65.0 Å². The maximum absolute atomic E-state index is 10.5. The van der Waals surface area contributed by atoms with E-state index >= 15 is 0 Å². The number of rotatable bonds is 3. The Morgan fingerprint density at radius 1 is 1.39 bits per heavy atom. The first kappa shape index (κ1) is 11.5. The van der Waals surface area contributed by atoms with Gasteiger partial charge in [0.1, 0.15) is 24.1 Å². The number of hydrogen-bond donors (Lipinski definition) is 1. The van der Waals surface area contributed by atoms with Crippen molar-refractivity contribution in [3.63, 3.8) is 0 Å². The lowest BCUT2D eigenvalue weighted by atomic mass is 10.0. The van der Waals surface area contributed by atoms with Crippen LogP contribution in [0.1, 0.15) is 6.42 Å². The molecular formula is C13H14O5. The molecule has 1 heterocycles. The van der Waals surface area contributed by atoms with Gasteiger partial charge < -0.3 is 19.3 Å². The van der Waals surface area contributed by atoms with Gasteiger partial charge in [-0.1, -0.05) is 24.3 Å². The molecule has 0 saturated carbocycles. The molecule has 0 radical (unpaired) electrons. The van der Waals surface area contributed by atoms with Crippen LogP contribution in [-0.2, 0) is 19.0 Å². The van der Waals surface area contributed by atoms with Crippen LogP contribution in [0.2, 0.25) is 0 Å². The summed E-state index contributed by atoms with van der Waals surface area (Å²) in [6, 6.07) is 0. The van der Waals surface area contributed by atoms with Crippen molar-refractivity contribution in [1.82, 2.24) is 0 Å². The van der Waals surface area contributed by atoms with Gasteiger partial charge in [-0.2, -0.15) is 0 Å². The minimum Gasteiger partial charge on any atom is -0.483 e. The van der Waals surface area contributed by atoms with E-state index in [4.69, 9.17) is 19.3 Å². The largest absolute Gasteiger partial charge is 0.483 e. The average Bonchev–Trinajstić information content (AvgIpc) is 2.80. The fraction of sp³-hybridized carbons (Fsp3) is 0.462. The van der Waals surface area contributed by atoms with Gasteiger partial charge in [0.25, 0.3) is 0 Å². The van der Waals surface area contributed by atoms with Crippen molar-refractivity contribution >= 4 is 5.97 Å². The monoisotopic (exact) mass is 250 g/mol. The maximum atomic E-state index is 10.5. The van der Waals surface area contributed by atoms with Gasteiger partial charge in [-0.05, 0) is 12.5 Å². The van der Waals surface area contributed by atoms with Crippen molar-refractivity contribution in [3.05, 3.63) is 36.1 Å². The SMILES string of the molecule is O=C(O)COC1=CC=CC2OC3CC=CC3OC12. The molecule has 0 bridgehead atoms. The third-order valence-corrected chi connectivity index (χ3v) is 3.20. The van der Waals surface area contributed by atoms with Gasteiger partial charge in [-0.25, -0.2) is 4.79 Å². The smallest absolute Gasteiger partial charge is 0.341 e. The Bertz CT molecular complexity index is 437. The van der Waals surface area contributed by atoms with Crippen LogP contribution in [0.15, 0.2) is 36.1 Å². The predicted molar refractivity (Wildman–Crippen MR) is 61.9 cm³/mol. The Hall–Kier alpha value is -1.59. The molecule has 0 aromatic heterocycles. The third kappa shape index (κ3) is 2.07. The molecule has 1 N–H and O–H groups in total. The van der Waals surface area contributed by atoms with Crippen molar-refractivity contribution in [2.75, 3.05) is 6.61 Å². The summed E-state index contributed by atoms with van der Waals surface area (Å²) in [5, 5.41) is 8.64. The van der Waals surface area contributed by atoms with Crippen LogP contribution >= 0.6 is 0 Å². The lowest BCUT2D eigenvalue weighted by Crippen LogP contribution is -2.48. The van der Waals surface area contributed by atoms with E-state index in [2.05, 4.69) is 0 Å². The van der Waals surface area contributed by atoms with Gasteiger partial charge in [0.05, 0.1) is 6.10 Å². The molecule has 0 amide bonds. The molecular weight excluding hydrogens is 236 g/mol. The molecule has 4 atom stereocenters. The van der Waals surface area contributed by atoms with Crippen LogP contribution in [0.5, 0.6) is 0 Å². The first-order valence-corrected chi connectivity index (χ1v) is 5.94. The van der Waals surface area contributed by atoms with Gasteiger partial charge in [0.2, 0.25) is 0 Å². The standard InChI is InChI=1S/C13H14O5/c14-12(15)7-16-10-5-2-6-11-13(10)18-9-4-1-3-8(9)17-11/h1-2,4-6,8-9,11,13H,3,7H2,(H,14,15). The molecule has 4 unspecified atom stereocenters. The van der Waals surface area contributed by atoms with E-state index in [9.17, 15) is 4.79 Å². The highest BCUT2D eigenvalue weighted by molar-refractivity contribution is 5.68. The molecule has 0 aromatic rings. The van der Waals surface area contributed by atoms with Gasteiger partial charge in [-0.15, -0.1) is 0 Å². The number of carboxylic acid groups (broad SMARTS) is 1. The van der Waals surface area contributed by atoms with Crippen molar-refractivity contribution < 1.29 is 24.1 Å². The molecule has 18 heavy (non-hydrogen) atoms. The predicted octanol–water partition coefficient (Wildman–Crippen LogP) is 1.02. The second-order valence-corrected chi connectivity index (χ2v) is 4.46. The van der Waals surface area contributed by atoms with E-state index in [1.165, 1.54) is 0 Å². The summed E-state index contributed by atoms with van der Waals surface area (Å²) < 4.78 is 17.1. The average molecular weight is 250 g/mol. The molecule has 0 spiro atoms. The second kappa shape index (κ2) is 4.59. The number of carbonyl (C=O) groups is 1. The van der Waals surface area contributed by atoms with Crippen LogP contribution < -0.4 is 0 Å². The highest BCUT2D eigenvalue weighted by atomic mass is 16.6. The van der Waals surface area contributed by atoms with E-state index in [0.717, 1.165) is 6.42 Å². The third-order valence-electron chi connectivity index (χ3n) is 3.20. The normalized spacial score (nSPS) is 36.8. The lowest BCUT2D eigenvalue weighted by molar-refractivity contribution is -0.185. The Balaban J connectivity index is 1.72. The molecule has 96 valence electrons. The van der Waals surface area contributed by atoms with Crippen LogP contribution in [0, 0.1) is 0 Å². The van der Waals surface area contributed by atoms with Gasteiger partial charge in [0, 0.05) is 0 Å². The first-order valence-electron chi connectivity index (χ1n) is 5.94. The molecule has 3 aliphatic rings. The quantitative estimate of drug-likeness (QED) is 0.758. The first-order chi connectivity index (χ1) is 8.74. The molecule has 2 aliphatic carbocycles. The summed E-state index contributed by atoms with van der Waals surface area (Å²) in [5.74, 6) is -0.485. The Morgan fingerprint density at radius 2 is 2.28 bits per heavy atom. The molecule has 0 aromatic carbocycles. The van der Waals surface area contributed by atoms with Crippen LogP contribution in [-0.4, -0.2) is 42.1 Å². The van der Waals surface area contributed by atoms with E-state index in [-0.39, 0.29) is 31.0 Å². The van der Waals surface area contributed by atoms with E-state index in [1.54, 1.807) is 6.08 Å². The number of hydrogen-bond acceptors (Lipinski definition) is 4. The molecule has 1 aliphatic heterocycles. The van der Waals surface area contributed by atoms with Gasteiger partial charge >= 0.3 is 5.97 Å². The molecule has 5 heteroatoms. The zero-order chi connectivity index (χ0) is 12.5. The van der Waals surface area contributed by atoms with Gasteiger partial charge in [0.15, 0.2) is 6.61 Å². The number of ether oxygens (including phenoxy) is 3. The van der Waals surface area contributed by atoms with Crippen molar-refractivity contribution in [2.45, 2.75) is 30.8 Å². The highest BCUT2D eigenvalue weighted by Gasteiger charge is 2.41. The molecule has 1 saturated heterocycles. The van der Waals surface area contributed by atoms with E-state index in [1.807, 2.05) is 24.3 Å². The summed E-state index contributed by atoms with van der Waals surface area (Å²) in [7, 11) is 0. The maximum Gasteiger partial charge on any atom is 0.341 e. The zero-order valence-corrected chi connectivity index (χ0v) is 9.69. The molecule has 3 rings (SSSR count). The summed E-state index contributed by atoms with van der Waals surface area (Å²) in [4.78, 5) is 10.5. The summed E-state index contributed by atoms with van der Waals surface area (Å²) in [5.41, 5.74) is 0. The van der Waals surface area contributed by atoms with E-state index < -0.39 is 5.97 Å². The van der Waals surface area contributed by atoms with Crippen molar-refractivity contribution in [2.24, 2.45) is 0 Å². The van der Waals surface area contributed by atoms with Crippen LogP contribution in [0.4, 0.5) is 0 Å². The highest BCUT2D eigenvalue weighted by Crippen LogP contribution is 2.33. The zero-order valence-electron chi connectivity index (χ0n) is 9.69. The number of carboxylic acids is 1. The van der Waals surface area contributed by atoms with Gasteiger partial charge in [-0.3, -0.25) is 0 Å². The minimum absolute atomic E-state index is 0.0606. The van der Waals surface area contributed by atoms with Crippen LogP contribution in [0.3, 0.4) is 0 Å². The second-order valence-electron chi connectivity index (χ2n) is 4.46. The van der Waals surface area contributed by atoms with Crippen LogP contribution in [0.25, 0.3) is 0 Å². The summed E-state index contributed by atoms with van der Waals surface area (Å²) in [6.45, 7) is -0.365. The molecule has 1 fully saturated rings. The fourth-order valence-electron chi connectivity index (χ4n) is 2.40. The lowest BCUT2D eigenvalue weighted by Gasteiger charge is -2.39. The minimum atomic E-state index is -1.00. The molecule has 5 nitrogen and oxygen atoms in total. The number of aliphatic carboxylic acids is 1. The van der Waals surface area contributed by atoms with Crippen molar-refractivity contribution in [3.8, 4) is 0 Å². The summed E-state index contributed by atoms with van der Waals surface area (Å²) >= 11 is 0. The van der Waals surface area contributed by atoms with Crippen molar-refractivity contribution in [1.29, 1.82) is 0 Å². The Kier molecular flexibility index (Phi) is 2.93. The Labute approximate surface area is 104 Å². The number of fused-ring (bicyclic) bond motifs is 2. The fourth-order valence-corrected chi connectivity index (χ4v) is 2.40. The summed E-state index contributed by atoms with van der Waals surface area (Å²) in [6.07, 6.45) is 9.79. The number of allylic oxidation sites excluding steroid dienone is 2. The Morgan fingerprint density at radius 3 is 3.11 bits per heavy atom.